The molecule has 1 aliphatic rings. The van der Waals surface area contributed by atoms with E-state index in [9.17, 15) is 0 Å². The molecular weight excluding hydrogens is 196 g/mol. The maximum atomic E-state index is 5.80. The monoisotopic (exact) mass is 212 g/mol. The van der Waals surface area contributed by atoms with E-state index in [-0.39, 0.29) is 6.04 Å². The summed E-state index contributed by atoms with van der Waals surface area (Å²) in [5.74, 6) is 1.14. The minimum absolute atomic E-state index is 0.160. The van der Waals surface area contributed by atoms with Crippen LogP contribution >= 0.6 is 0 Å². The molecule has 2 rings (SSSR count). The van der Waals surface area contributed by atoms with Crippen molar-refractivity contribution >= 4 is 5.95 Å². The summed E-state index contributed by atoms with van der Waals surface area (Å²) in [5.41, 5.74) is 5.80. The van der Waals surface area contributed by atoms with Gasteiger partial charge in [0, 0.05) is 13.1 Å². The Kier molecular flexibility index (Phi) is 3.17. The van der Waals surface area contributed by atoms with Crippen molar-refractivity contribution in [2.75, 3.05) is 31.2 Å². The summed E-state index contributed by atoms with van der Waals surface area (Å²) in [7, 11) is 0. The van der Waals surface area contributed by atoms with Gasteiger partial charge in [0.25, 0.3) is 5.95 Å². The number of hydrogen-bond acceptors (Lipinski definition) is 6. The number of nitrogens with two attached hydrogens (primary N) is 1. The first-order chi connectivity index (χ1) is 7.31. The quantitative estimate of drug-likeness (QED) is 0.777. The summed E-state index contributed by atoms with van der Waals surface area (Å²) in [6.07, 6.45) is 0.796. The van der Waals surface area contributed by atoms with Gasteiger partial charge in [-0.25, -0.2) is 0 Å². The van der Waals surface area contributed by atoms with Gasteiger partial charge in [-0.1, -0.05) is 6.92 Å². The fraction of sp³-hybridized carbons (Fsp3) is 0.778. The molecule has 0 aliphatic carbocycles. The predicted octanol–water partition coefficient (Wildman–Crippen LogP) is 0.316. The van der Waals surface area contributed by atoms with E-state index in [0.29, 0.717) is 25.1 Å². The third-order valence-electron chi connectivity index (χ3n) is 2.48. The van der Waals surface area contributed by atoms with Gasteiger partial charge in [-0.05, 0) is 11.6 Å². The van der Waals surface area contributed by atoms with Gasteiger partial charge in [0.1, 0.15) is 0 Å². The van der Waals surface area contributed by atoms with E-state index in [1.165, 1.54) is 0 Å². The van der Waals surface area contributed by atoms with Crippen LogP contribution in [0.15, 0.2) is 4.52 Å². The molecule has 2 heterocycles. The first-order valence-electron chi connectivity index (χ1n) is 5.23. The van der Waals surface area contributed by atoms with Crippen LogP contribution in [0.3, 0.4) is 0 Å². The number of ether oxygens (including phenoxy) is 1. The molecule has 0 aromatic carbocycles. The molecule has 1 aromatic rings. The number of morpholine rings is 1. The fourth-order valence-corrected chi connectivity index (χ4v) is 1.44. The lowest BCUT2D eigenvalue weighted by Crippen LogP contribution is -2.36. The van der Waals surface area contributed by atoms with Gasteiger partial charge < -0.3 is 19.9 Å². The van der Waals surface area contributed by atoms with Crippen LogP contribution in [-0.2, 0) is 4.74 Å². The third-order valence-corrected chi connectivity index (χ3v) is 2.48. The average molecular weight is 212 g/mol. The molecule has 1 fully saturated rings. The smallest absolute Gasteiger partial charge is 0.266 e. The van der Waals surface area contributed by atoms with Gasteiger partial charge in [0.2, 0.25) is 5.89 Å². The van der Waals surface area contributed by atoms with E-state index in [1.807, 2.05) is 11.8 Å². The predicted molar refractivity (Wildman–Crippen MR) is 54.5 cm³/mol. The van der Waals surface area contributed by atoms with Crippen molar-refractivity contribution in [2.24, 2.45) is 5.73 Å². The maximum Gasteiger partial charge on any atom is 0.266 e. The molecule has 1 saturated heterocycles. The molecule has 2 N–H and O–H groups in total. The van der Waals surface area contributed by atoms with Crippen molar-refractivity contribution in [1.29, 1.82) is 0 Å². The van der Waals surface area contributed by atoms with E-state index < -0.39 is 0 Å². The highest BCUT2D eigenvalue weighted by Gasteiger charge is 2.19. The highest BCUT2D eigenvalue weighted by atomic mass is 16.5. The van der Waals surface area contributed by atoms with Crippen molar-refractivity contribution in [1.82, 2.24) is 10.1 Å². The second-order valence-corrected chi connectivity index (χ2v) is 3.55. The molecular formula is C9H16N4O2. The van der Waals surface area contributed by atoms with Crippen LogP contribution in [0.2, 0.25) is 0 Å². The van der Waals surface area contributed by atoms with E-state index in [1.54, 1.807) is 0 Å². The standard InChI is InChI=1S/C9H16N4O2/c1-2-7(10)8-11-9(12-15-8)13-3-5-14-6-4-13/h7H,2-6,10H2,1H3/t7-/m1/s1. The van der Waals surface area contributed by atoms with E-state index in [2.05, 4.69) is 10.1 Å². The molecule has 6 heteroatoms. The number of anilines is 1. The number of rotatable bonds is 3. The molecule has 0 radical (unpaired) electrons. The van der Waals surface area contributed by atoms with Crippen LogP contribution in [0.5, 0.6) is 0 Å². The van der Waals surface area contributed by atoms with E-state index in [0.717, 1.165) is 19.5 Å². The molecule has 15 heavy (non-hydrogen) atoms. The van der Waals surface area contributed by atoms with E-state index in [4.69, 9.17) is 15.0 Å². The number of hydrogen-bond donors (Lipinski definition) is 1. The van der Waals surface area contributed by atoms with Crippen molar-refractivity contribution in [3.63, 3.8) is 0 Å². The summed E-state index contributed by atoms with van der Waals surface area (Å²) in [6, 6.07) is -0.160. The Morgan fingerprint density at radius 2 is 2.20 bits per heavy atom. The highest BCUT2D eigenvalue weighted by Crippen LogP contribution is 2.16. The highest BCUT2D eigenvalue weighted by molar-refractivity contribution is 5.28. The summed E-state index contributed by atoms with van der Waals surface area (Å²) >= 11 is 0. The zero-order chi connectivity index (χ0) is 10.7. The minimum atomic E-state index is -0.160. The second-order valence-electron chi connectivity index (χ2n) is 3.55. The molecule has 1 aliphatic heterocycles. The summed E-state index contributed by atoms with van der Waals surface area (Å²) in [5, 5.41) is 3.91. The normalized spacial score (nSPS) is 19.2. The Balaban J connectivity index is 2.05. The lowest BCUT2D eigenvalue weighted by molar-refractivity contribution is 0.121. The van der Waals surface area contributed by atoms with Crippen molar-refractivity contribution in [3.8, 4) is 0 Å². The molecule has 84 valence electrons. The molecule has 0 bridgehead atoms. The van der Waals surface area contributed by atoms with Crippen molar-refractivity contribution in [3.05, 3.63) is 5.89 Å². The lowest BCUT2D eigenvalue weighted by atomic mass is 10.2. The van der Waals surface area contributed by atoms with Gasteiger partial charge >= 0.3 is 0 Å². The first-order valence-corrected chi connectivity index (χ1v) is 5.23. The molecule has 0 amide bonds. The van der Waals surface area contributed by atoms with Crippen LogP contribution in [-0.4, -0.2) is 36.4 Å². The summed E-state index contributed by atoms with van der Waals surface area (Å²) < 4.78 is 10.3. The zero-order valence-corrected chi connectivity index (χ0v) is 8.85. The lowest BCUT2D eigenvalue weighted by Gasteiger charge is -2.24. The SMILES string of the molecule is CC[C@@H](N)c1nc(N2CCOCC2)no1. The Bertz CT molecular complexity index is 309. The number of aromatic nitrogens is 2. The zero-order valence-electron chi connectivity index (χ0n) is 8.85. The third kappa shape index (κ3) is 2.27. The average Bonchev–Trinajstić information content (AvgIpc) is 2.78. The molecule has 1 aromatic heterocycles. The Morgan fingerprint density at radius 1 is 1.47 bits per heavy atom. The van der Waals surface area contributed by atoms with Crippen LogP contribution in [0.25, 0.3) is 0 Å². The first kappa shape index (κ1) is 10.4. The molecule has 6 nitrogen and oxygen atoms in total. The van der Waals surface area contributed by atoms with Crippen LogP contribution in [0.1, 0.15) is 25.3 Å². The van der Waals surface area contributed by atoms with Gasteiger partial charge in [-0.2, -0.15) is 4.98 Å². The number of nitrogens with zero attached hydrogens (tertiary/aromatic N) is 3. The molecule has 0 spiro atoms. The largest absolute Gasteiger partial charge is 0.378 e. The van der Waals surface area contributed by atoms with E-state index >= 15 is 0 Å². The van der Waals surface area contributed by atoms with Crippen LogP contribution < -0.4 is 10.6 Å². The molecule has 0 unspecified atom stereocenters. The Labute approximate surface area is 88.4 Å². The molecule has 0 saturated carbocycles. The maximum absolute atomic E-state index is 5.80. The van der Waals surface area contributed by atoms with Gasteiger partial charge in [-0.15, -0.1) is 0 Å². The fourth-order valence-electron chi connectivity index (χ4n) is 1.44. The van der Waals surface area contributed by atoms with Crippen LogP contribution in [0.4, 0.5) is 5.95 Å². The van der Waals surface area contributed by atoms with Crippen LogP contribution in [0, 0.1) is 0 Å². The Hall–Kier alpha value is -1.14. The summed E-state index contributed by atoms with van der Waals surface area (Å²) in [4.78, 5) is 6.31. The van der Waals surface area contributed by atoms with Gasteiger partial charge in [-0.3, -0.25) is 0 Å². The van der Waals surface area contributed by atoms with Crippen molar-refractivity contribution < 1.29 is 9.26 Å². The summed E-state index contributed by atoms with van der Waals surface area (Å²) in [6.45, 7) is 5.03. The second kappa shape index (κ2) is 4.59. The van der Waals surface area contributed by atoms with Gasteiger partial charge in [0.05, 0.1) is 19.3 Å². The van der Waals surface area contributed by atoms with Crippen molar-refractivity contribution in [2.45, 2.75) is 19.4 Å². The van der Waals surface area contributed by atoms with Gasteiger partial charge in [0.15, 0.2) is 0 Å². The molecule has 1 atom stereocenters. The minimum Gasteiger partial charge on any atom is -0.378 e. The topological polar surface area (TPSA) is 77.4 Å². The Morgan fingerprint density at radius 3 is 2.87 bits per heavy atom.